The number of methoxy groups -OCH3 is 1. The van der Waals surface area contributed by atoms with Crippen LogP contribution >= 0.6 is 0 Å². The van der Waals surface area contributed by atoms with Gasteiger partial charge in [0.2, 0.25) is 0 Å². The van der Waals surface area contributed by atoms with E-state index >= 15 is 0 Å². The van der Waals surface area contributed by atoms with Crippen LogP contribution in [0.4, 0.5) is 0 Å². The molecular formula is C19H27NO6. The number of hydrogen-bond acceptors (Lipinski definition) is 5. The van der Waals surface area contributed by atoms with Gasteiger partial charge in [-0.15, -0.1) is 0 Å². The molecule has 7 heteroatoms. The Balaban J connectivity index is 2.05. The summed E-state index contributed by atoms with van der Waals surface area (Å²) in [4.78, 5) is 24.1. The molecule has 0 atom stereocenters. The Morgan fingerprint density at radius 1 is 1.27 bits per heavy atom. The van der Waals surface area contributed by atoms with Crippen molar-refractivity contribution in [2.45, 2.75) is 26.7 Å². The molecule has 1 aromatic carbocycles. The summed E-state index contributed by atoms with van der Waals surface area (Å²) in [5.41, 5.74) is -0.579. The summed E-state index contributed by atoms with van der Waals surface area (Å²) < 4.78 is 16.2. The molecule has 7 nitrogen and oxygen atoms in total. The zero-order valence-corrected chi connectivity index (χ0v) is 15.5. The lowest BCUT2D eigenvalue weighted by atomic mass is 9.80. The smallest absolute Gasteiger partial charge is 0.311 e. The van der Waals surface area contributed by atoms with E-state index in [1.807, 2.05) is 13.8 Å². The topological polar surface area (TPSA) is 94.1 Å². The maximum Gasteiger partial charge on any atom is 0.311 e. The molecule has 144 valence electrons. The van der Waals surface area contributed by atoms with Crippen LogP contribution < -0.4 is 14.8 Å². The zero-order chi connectivity index (χ0) is 19.2. The van der Waals surface area contributed by atoms with Gasteiger partial charge in [-0.3, -0.25) is 9.59 Å². The highest BCUT2D eigenvalue weighted by molar-refractivity contribution is 5.95. The molecule has 0 unspecified atom stereocenters. The molecule has 0 radical (unpaired) electrons. The molecular weight excluding hydrogens is 338 g/mol. The quantitative estimate of drug-likeness (QED) is 0.734. The highest BCUT2D eigenvalue weighted by Crippen LogP contribution is 2.31. The number of benzene rings is 1. The molecule has 2 N–H and O–H groups in total. The van der Waals surface area contributed by atoms with E-state index < -0.39 is 11.4 Å². The second-order valence-electron chi connectivity index (χ2n) is 6.95. The lowest BCUT2D eigenvalue weighted by Gasteiger charge is -2.33. The third kappa shape index (κ3) is 4.88. The number of nitrogens with one attached hydrogen (secondary N) is 1. The van der Waals surface area contributed by atoms with Crippen molar-refractivity contribution in [1.29, 1.82) is 0 Å². The molecule has 1 aromatic rings. The maximum atomic E-state index is 12.5. The summed E-state index contributed by atoms with van der Waals surface area (Å²) in [6.45, 7) is 5.48. The summed E-state index contributed by atoms with van der Waals surface area (Å²) in [6, 6.07) is 4.94. The van der Waals surface area contributed by atoms with Gasteiger partial charge >= 0.3 is 5.97 Å². The van der Waals surface area contributed by atoms with Crippen LogP contribution in [0.5, 0.6) is 11.5 Å². The monoisotopic (exact) mass is 365 g/mol. The predicted octanol–water partition coefficient (Wildman–Crippen LogP) is 2.34. The van der Waals surface area contributed by atoms with Crippen molar-refractivity contribution in [2.24, 2.45) is 11.3 Å². The minimum absolute atomic E-state index is 0.0679. The number of rotatable bonds is 8. The fourth-order valence-electron chi connectivity index (χ4n) is 2.76. The Morgan fingerprint density at radius 2 is 1.96 bits per heavy atom. The molecule has 1 amide bonds. The summed E-state index contributed by atoms with van der Waals surface area (Å²) in [5, 5.41) is 12.3. The Labute approximate surface area is 153 Å². The van der Waals surface area contributed by atoms with Crippen molar-refractivity contribution < 1.29 is 28.9 Å². The number of carbonyl (C=O) groups excluding carboxylic acids is 1. The van der Waals surface area contributed by atoms with E-state index in [1.165, 1.54) is 7.11 Å². The van der Waals surface area contributed by atoms with Crippen LogP contribution in [-0.2, 0) is 9.53 Å². The van der Waals surface area contributed by atoms with Crippen molar-refractivity contribution in [1.82, 2.24) is 5.32 Å². The molecule has 1 saturated heterocycles. The Kier molecular flexibility index (Phi) is 6.85. The van der Waals surface area contributed by atoms with Gasteiger partial charge in [0.15, 0.2) is 11.5 Å². The molecule has 0 aromatic heterocycles. The molecule has 26 heavy (non-hydrogen) atoms. The van der Waals surface area contributed by atoms with Gasteiger partial charge in [-0.1, -0.05) is 13.8 Å². The zero-order valence-electron chi connectivity index (χ0n) is 15.5. The fraction of sp³-hybridized carbons (Fsp3) is 0.579. The standard InChI is InChI=1S/C19H27NO6/c1-13(2)11-26-15-5-4-14(10-16(15)24-3)17(21)20-12-19(18(22)23)6-8-25-9-7-19/h4-5,10,13H,6-9,11-12H2,1-3H3,(H,20,21)(H,22,23). The van der Waals surface area contributed by atoms with Crippen LogP contribution in [0.3, 0.4) is 0 Å². The lowest BCUT2D eigenvalue weighted by molar-refractivity contribution is -0.154. The number of amides is 1. The van der Waals surface area contributed by atoms with Gasteiger partial charge in [0.05, 0.1) is 19.1 Å². The van der Waals surface area contributed by atoms with Crippen molar-refractivity contribution in [3.8, 4) is 11.5 Å². The van der Waals surface area contributed by atoms with E-state index in [-0.39, 0.29) is 12.5 Å². The van der Waals surface area contributed by atoms with Crippen molar-refractivity contribution in [3.63, 3.8) is 0 Å². The first-order chi connectivity index (χ1) is 12.4. The van der Waals surface area contributed by atoms with Gasteiger partial charge in [0, 0.05) is 25.3 Å². The molecule has 2 rings (SSSR count). The molecule has 1 heterocycles. The lowest BCUT2D eigenvalue weighted by Crippen LogP contribution is -2.46. The van der Waals surface area contributed by atoms with Crippen molar-refractivity contribution in [2.75, 3.05) is 33.5 Å². The average Bonchev–Trinajstić information content (AvgIpc) is 2.64. The first-order valence-electron chi connectivity index (χ1n) is 8.78. The molecule has 1 fully saturated rings. The van der Waals surface area contributed by atoms with Gasteiger partial charge < -0.3 is 24.6 Å². The number of carbonyl (C=O) groups is 2. The average molecular weight is 365 g/mol. The third-order valence-electron chi connectivity index (χ3n) is 4.49. The number of hydrogen-bond donors (Lipinski definition) is 2. The number of aliphatic carboxylic acids is 1. The van der Waals surface area contributed by atoms with Crippen LogP contribution in [0.25, 0.3) is 0 Å². The SMILES string of the molecule is COc1cc(C(=O)NCC2(C(=O)O)CCOCC2)ccc1OCC(C)C. The van der Waals surface area contributed by atoms with E-state index in [1.54, 1.807) is 18.2 Å². The van der Waals surface area contributed by atoms with E-state index in [4.69, 9.17) is 14.2 Å². The van der Waals surface area contributed by atoms with E-state index in [0.717, 1.165) is 0 Å². The largest absolute Gasteiger partial charge is 0.493 e. The summed E-state index contributed by atoms with van der Waals surface area (Å²) >= 11 is 0. The molecule has 1 aliphatic heterocycles. The maximum absolute atomic E-state index is 12.5. The van der Waals surface area contributed by atoms with Gasteiger partial charge in [-0.25, -0.2) is 0 Å². The molecule has 0 saturated carbocycles. The van der Waals surface area contributed by atoms with Crippen molar-refractivity contribution >= 4 is 11.9 Å². The molecule has 1 aliphatic rings. The summed E-state index contributed by atoms with van der Waals surface area (Å²) in [6.07, 6.45) is 0.766. The number of ether oxygens (including phenoxy) is 3. The minimum atomic E-state index is -0.974. The minimum Gasteiger partial charge on any atom is -0.493 e. The number of carboxylic acid groups (broad SMARTS) is 1. The number of carboxylic acids is 1. The van der Waals surface area contributed by atoms with Crippen molar-refractivity contribution in [3.05, 3.63) is 23.8 Å². The van der Waals surface area contributed by atoms with E-state index in [0.29, 0.717) is 55.6 Å². The van der Waals surface area contributed by atoms with Crippen LogP contribution in [0.1, 0.15) is 37.0 Å². The van der Waals surface area contributed by atoms with Gasteiger partial charge in [-0.2, -0.15) is 0 Å². The summed E-state index contributed by atoms with van der Waals surface area (Å²) in [7, 11) is 1.51. The molecule has 0 spiro atoms. The Bertz CT molecular complexity index is 637. The van der Waals surface area contributed by atoms with Crippen LogP contribution in [0.15, 0.2) is 18.2 Å². The van der Waals surface area contributed by atoms with Crippen LogP contribution in [0.2, 0.25) is 0 Å². The fourth-order valence-corrected chi connectivity index (χ4v) is 2.76. The molecule has 0 aliphatic carbocycles. The molecule has 0 bridgehead atoms. The first-order valence-corrected chi connectivity index (χ1v) is 8.78. The van der Waals surface area contributed by atoms with Gasteiger partial charge in [-0.05, 0) is 37.0 Å². The van der Waals surface area contributed by atoms with E-state index in [2.05, 4.69) is 5.32 Å². The van der Waals surface area contributed by atoms with Gasteiger partial charge in [0.25, 0.3) is 5.91 Å². The first kappa shape index (κ1) is 20.0. The Morgan fingerprint density at radius 3 is 2.54 bits per heavy atom. The highest BCUT2D eigenvalue weighted by Gasteiger charge is 2.40. The normalized spacial score (nSPS) is 16.2. The van der Waals surface area contributed by atoms with E-state index in [9.17, 15) is 14.7 Å². The highest BCUT2D eigenvalue weighted by atomic mass is 16.5. The summed E-state index contributed by atoms with van der Waals surface area (Å²) in [5.74, 6) is 0.165. The van der Waals surface area contributed by atoms with Crippen LogP contribution in [0, 0.1) is 11.3 Å². The Hall–Kier alpha value is -2.28. The predicted molar refractivity (Wildman–Crippen MR) is 95.8 cm³/mol. The van der Waals surface area contributed by atoms with Gasteiger partial charge in [0.1, 0.15) is 0 Å². The second kappa shape index (κ2) is 8.89. The second-order valence-corrected chi connectivity index (χ2v) is 6.95. The van der Waals surface area contributed by atoms with Crippen LogP contribution in [-0.4, -0.2) is 50.5 Å². The third-order valence-corrected chi connectivity index (χ3v) is 4.49.